The monoisotopic (exact) mass is 284 g/mol. The molecule has 1 aromatic carbocycles. The Kier molecular flexibility index (Phi) is 4.06. The molecule has 2 heterocycles. The van der Waals surface area contributed by atoms with Crippen molar-refractivity contribution < 1.29 is 9.47 Å². The zero-order chi connectivity index (χ0) is 14.7. The van der Waals surface area contributed by atoms with Crippen LogP contribution >= 0.6 is 0 Å². The number of hydrogen-bond acceptors (Lipinski definition) is 4. The van der Waals surface area contributed by atoms with Crippen LogP contribution in [0.5, 0.6) is 11.5 Å². The second kappa shape index (κ2) is 6.14. The van der Waals surface area contributed by atoms with Gasteiger partial charge in [-0.2, -0.15) is 0 Å². The number of rotatable bonds is 5. The number of nitrogens with one attached hydrogen (secondary N) is 1. The van der Waals surface area contributed by atoms with E-state index in [1.165, 1.54) is 5.56 Å². The maximum atomic E-state index is 5.82. The molecule has 1 aromatic heterocycles. The van der Waals surface area contributed by atoms with Gasteiger partial charge in [-0.15, -0.1) is 0 Å². The largest absolute Gasteiger partial charge is 0.495 e. The van der Waals surface area contributed by atoms with Gasteiger partial charge in [0, 0.05) is 17.7 Å². The smallest absolute Gasteiger partial charge is 0.142 e. The molecule has 1 aliphatic heterocycles. The fourth-order valence-electron chi connectivity index (χ4n) is 2.92. The summed E-state index contributed by atoms with van der Waals surface area (Å²) < 4.78 is 11.3. The van der Waals surface area contributed by atoms with Crippen molar-refractivity contribution >= 4 is 0 Å². The SMILES string of the molecule is CCNC(c1ncccc1OC)C1COc2ccccc21. The molecule has 2 unspecified atom stereocenters. The minimum absolute atomic E-state index is 0.0785. The van der Waals surface area contributed by atoms with Crippen molar-refractivity contribution in [2.45, 2.75) is 18.9 Å². The second-order valence-electron chi connectivity index (χ2n) is 5.08. The highest BCUT2D eigenvalue weighted by Gasteiger charge is 2.34. The molecule has 0 amide bonds. The number of aromatic nitrogens is 1. The van der Waals surface area contributed by atoms with Crippen molar-refractivity contribution in [3.63, 3.8) is 0 Å². The quantitative estimate of drug-likeness (QED) is 0.917. The molecule has 0 radical (unpaired) electrons. The van der Waals surface area contributed by atoms with Gasteiger partial charge in [-0.25, -0.2) is 0 Å². The van der Waals surface area contributed by atoms with Gasteiger partial charge < -0.3 is 14.8 Å². The first-order valence-corrected chi connectivity index (χ1v) is 7.29. The summed E-state index contributed by atoms with van der Waals surface area (Å²) in [5, 5.41) is 3.53. The predicted molar refractivity (Wildman–Crippen MR) is 81.9 cm³/mol. The molecule has 0 fully saturated rings. The summed E-state index contributed by atoms with van der Waals surface area (Å²) in [5.74, 6) is 2.03. The third-order valence-corrected chi connectivity index (χ3v) is 3.88. The van der Waals surface area contributed by atoms with Gasteiger partial charge >= 0.3 is 0 Å². The van der Waals surface area contributed by atoms with E-state index in [0.717, 1.165) is 23.7 Å². The number of nitrogens with zero attached hydrogens (tertiary/aromatic N) is 1. The predicted octanol–water partition coefficient (Wildman–Crippen LogP) is 2.92. The highest BCUT2D eigenvalue weighted by atomic mass is 16.5. The fourth-order valence-corrected chi connectivity index (χ4v) is 2.92. The molecule has 0 aliphatic carbocycles. The third kappa shape index (κ3) is 2.59. The molecular weight excluding hydrogens is 264 g/mol. The van der Waals surface area contributed by atoms with Crippen LogP contribution < -0.4 is 14.8 Å². The molecule has 110 valence electrons. The lowest BCUT2D eigenvalue weighted by Crippen LogP contribution is -2.29. The van der Waals surface area contributed by atoms with Gasteiger partial charge in [0.1, 0.15) is 11.5 Å². The second-order valence-corrected chi connectivity index (χ2v) is 5.08. The first-order chi connectivity index (χ1) is 10.3. The van der Waals surface area contributed by atoms with E-state index in [-0.39, 0.29) is 12.0 Å². The Labute approximate surface area is 125 Å². The van der Waals surface area contributed by atoms with Gasteiger partial charge in [0.05, 0.1) is 25.5 Å². The summed E-state index contributed by atoms with van der Waals surface area (Å²) in [4.78, 5) is 4.54. The number of hydrogen-bond donors (Lipinski definition) is 1. The summed E-state index contributed by atoms with van der Waals surface area (Å²) in [7, 11) is 1.68. The molecule has 0 saturated heterocycles. The molecule has 1 aliphatic rings. The van der Waals surface area contributed by atoms with Gasteiger partial charge in [0.15, 0.2) is 0 Å². The van der Waals surface area contributed by atoms with Gasteiger partial charge in [0.25, 0.3) is 0 Å². The number of benzene rings is 1. The number of para-hydroxylation sites is 1. The Bertz CT molecular complexity index is 615. The summed E-state index contributed by atoms with van der Waals surface area (Å²) in [6, 6.07) is 12.1. The number of methoxy groups -OCH3 is 1. The van der Waals surface area contributed by atoms with E-state index in [9.17, 15) is 0 Å². The molecule has 0 bridgehead atoms. The first-order valence-electron chi connectivity index (χ1n) is 7.29. The van der Waals surface area contributed by atoms with Crippen LogP contribution in [0.2, 0.25) is 0 Å². The van der Waals surface area contributed by atoms with E-state index >= 15 is 0 Å². The van der Waals surface area contributed by atoms with E-state index in [4.69, 9.17) is 9.47 Å². The molecule has 4 heteroatoms. The Hall–Kier alpha value is -2.07. The fraction of sp³-hybridized carbons (Fsp3) is 0.353. The minimum atomic E-state index is 0.0785. The number of pyridine rings is 1. The lowest BCUT2D eigenvalue weighted by molar-refractivity contribution is 0.294. The molecule has 0 saturated carbocycles. The summed E-state index contributed by atoms with van der Waals surface area (Å²) in [5.41, 5.74) is 2.17. The van der Waals surface area contributed by atoms with Gasteiger partial charge in [0.2, 0.25) is 0 Å². The number of ether oxygens (including phenoxy) is 2. The molecule has 4 nitrogen and oxygen atoms in total. The van der Waals surface area contributed by atoms with Crippen molar-refractivity contribution in [3.8, 4) is 11.5 Å². The van der Waals surface area contributed by atoms with Crippen molar-refractivity contribution in [1.29, 1.82) is 0 Å². The van der Waals surface area contributed by atoms with Gasteiger partial charge in [-0.3, -0.25) is 4.98 Å². The minimum Gasteiger partial charge on any atom is -0.495 e. The molecular formula is C17H20N2O2. The van der Waals surface area contributed by atoms with Crippen LogP contribution in [-0.2, 0) is 0 Å². The zero-order valence-electron chi connectivity index (χ0n) is 12.4. The topological polar surface area (TPSA) is 43.4 Å². The van der Waals surface area contributed by atoms with Crippen molar-refractivity contribution in [2.24, 2.45) is 0 Å². The number of fused-ring (bicyclic) bond motifs is 1. The van der Waals surface area contributed by atoms with Gasteiger partial charge in [-0.05, 0) is 24.7 Å². The van der Waals surface area contributed by atoms with Crippen LogP contribution in [0, 0.1) is 0 Å². The first kappa shape index (κ1) is 13.9. The van der Waals surface area contributed by atoms with Crippen molar-refractivity contribution in [2.75, 3.05) is 20.3 Å². The van der Waals surface area contributed by atoms with Crippen LogP contribution in [0.15, 0.2) is 42.6 Å². The lowest BCUT2D eigenvalue weighted by atomic mass is 9.90. The Morgan fingerprint density at radius 3 is 3.00 bits per heavy atom. The molecule has 1 N–H and O–H groups in total. The van der Waals surface area contributed by atoms with Crippen LogP contribution in [-0.4, -0.2) is 25.2 Å². The Morgan fingerprint density at radius 1 is 1.33 bits per heavy atom. The molecule has 21 heavy (non-hydrogen) atoms. The summed E-state index contributed by atoms with van der Waals surface area (Å²) in [6.07, 6.45) is 1.81. The van der Waals surface area contributed by atoms with E-state index in [2.05, 4.69) is 29.4 Å². The summed E-state index contributed by atoms with van der Waals surface area (Å²) in [6.45, 7) is 3.63. The highest BCUT2D eigenvalue weighted by Crippen LogP contribution is 2.42. The van der Waals surface area contributed by atoms with Crippen LogP contribution in [0.1, 0.15) is 30.1 Å². The van der Waals surface area contributed by atoms with E-state index in [0.29, 0.717) is 6.61 Å². The molecule has 2 atom stereocenters. The summed E-state index contributed by atoms with van der Waals surface area (Å²) >= 11 is 0. The van der Waals surface area contributed by atoms with E-state index < -0.39 is 0 Å². The average molecular weight is 284 g/mol. The Morgan fingerprint density at radius 2 is 2.19 bits per heavy atom. The molecule has 3 rings (SSSR count). The van der Waals surface area contributed by atoms with E-state index in [1.54, 1.807) is 7.11 Å². The zero-order valence-corrected chi connectivity index (χ0v) is 12.4. The average Bonchev–Trinajstić information content (AvgIpc) is 2.96. The lowest BCUT2D eigenvalue weighted by Gasteiger charge is -2.24. The van der Waals surface area contributed by atoms with Crippen molar-refractivity contribution in [1.82, 2.24) is 10.3 Å². The third-order valence-electron chi connectivity index (χ3n) is 3.88. The van der Waals surface area contributed by atoms with Gasteiger partial charge in [-0.1, -0.05) is 25.1 Å². The number of likely N-dealkylation sites (N-methyl/N-ethyl adjacent to an activating group) is 1. The standard InChI is InChI=1S/C17H20N2O2/c1-3-18-16(17-15(20-2)9-6-10-19-17)13-11-21-14-8-5-4-7-12(13)14/h4-10,13,16,18H,3,11H2,1-2H3. The maximum absolute atomic E-state index is 5.82. The van der Waals surface area contributed by atoms with E-state index in [1.807, 2.05) is 30.5 Å². The highest BCUT2D eigenvalue weighted by molar-refractivity contribution is 5.43. The maximum Gasteiger partial charge on any atom is 0.142 e. The molecule has 0 spiro atoms. The van der Waals surface area contributed by atoms with Crippen LogP contribution in [0.4, 0.5) is 0 Å². The molecule has 2 aromatic rings. The van der Waals surface area contributed by atoms with Crippen LogP contribution in [0.3, 0.4) is 0 Å². The van der Waals surface area contributed by atoms with Crippen LogP contribution in [0.25, 0.3) is 0 Å². The normalized spacial score (nSPS) is 17.9. The Balaban J connectivity index is 2.00. The van der Waals surface area contributed by atoms with Crippen molar-refractivity contribution in [3.05, 3.63) is 53.9 Å².